The third-order valence-corrected chi connectivity index (χ3v) is 3.86. The van der Waals surface area contributed by atoms with Crippen LogP contribution in [-0.2, 0) is 19.1 Å². The normalized spacial score (nSPS) is 17.1. The van der Waals surface area contributed by atoms with Gasteiger partial charge in [0.05, 0.1) is 13.0 Å². The van der Waals surface area contributed by atoms with Gasteiger partial charge in [-0.2, -0.15) is 0 Å². The van der Waals surface area contributed by atoms with Gasteiger partial charge < -0.3 is 19.7 Å². The molecule has 1 fully saturated rings. The highest BCUT2D eigenvalue weighted by molar-refractivity contribution is 5.91. The van der Waals surface area contributed by atoms with E-state index in [1.165, 1.54) is 7.11 Å². The van der Waals surface area contributed by atoms with Gasteiger partial charge in [-0.05, 0) is 40.0 Å². The Hall–Kier alpha value is -1.79. The standard InChI is InChI=1S/C17H30N2O5/c1-6-9-12(15(21)23-5)13(14(20)19-10-7-8-11-19)18-16(22)24-17(2,3)4/h12-13H,6-11H2,1-5H3,(H,18,22)/t12-,13-/m0/s1. The summed E-state index contributed by atoms with van der Waals surface area (Å²) in [5.74, 6) is -1.46. The number of rotatable bonds is 6. The Morgan fingerprint density at radius 1 is 1.17 bits per heavy atom. The van der Waals surface area contributed by atoms with Crippen LogP contribution in [0.1, 0.15) is 53.4 Å². The van der Waals surface area contributed by atoms with E-state index in [1.54, 1.807) is 25.7 Å². The minimum Gasteiger partial charge on any atom is -0.469 e. The second-order valence-electron chi connectivity index (χ2n) is 7.07. The smallest absolute Gasteiger partial charge is 0.408 e. The first-order chi connectivity index (χ1) is 11.2. The summed E-state index contributed by atoms with van der Waals surface area (Å²) in [5, 5.41) is 2.60. The van der Waals surface area contributed by atoms with Crippen molar-refractivity contribution in [3.05, 3.63) is 0 Å². The van der Waals surface area contributed by atoms with Gasteiger partial charge >= 0.3 is 12.1 Å². The van der Waals surface area contributed by atoms with Gasteiger partial charge in [0.2, 0.25) is 5.91 Å². The second-order valence-corrected chi connectivity index (χ2v) is 7.07. The number of carbonyl (C=O) groups is 3. The Labute approximate surface area is 144 Å². The van der Waals surface area contributed by atoms with Crippen molar-refractivity contribution in [2.75, 3.05) is 20.2 Å². The summed E-state index contributed by atoms with van der Waals surface area (Å²) in [6, 6.07) is -0.967. The van der Waals surface area contributed by atoms with Gasteiger partial charge in [0.1, 0.15) is 11.6 Å². The van der Waals surface area contributed by atoms with E-state index >= 15 is 0 Å². The van der Waals surface area contributed by atoms with E-state index < -0.39 is 29.6 Å². The molecule has 0 bridgehead atoms. The molecule has 1 aliphatic heterocycles. The number of carbonyl (C=O) groups excluding carboxylic acids is 3. The molecule has 0 aromatic heterocycles. The topological polar surface area (TPSA) is 84.9 Å². The summed E-state index contributed by atoms with van der Waals surface area (Å²) < 4.78 is 10.1. The fraction of sp³-hybridized carbons (Fsp3) is 0.824. The molecule has 1 heterocycles. The lowest BCUT2D eigenvalue weighted by Crippen LogP contribution is -2.54. The SMILES string of the molecule is CCC[C@H](C(=O)OC)[C@H](NC(=O)OC(C)(C)C)C(=O)N1CCCC1. The van der Waals surface area contributed by atoms with E-state index in [0.29, 0.717) is 25.9 Å². The molecule has 0 saturated carbocycles. The van der Waals surface area contributed by atoms with E-state index in [4.69, 9.17) is 9.47 Å². The van der Waals surface area contributed by atoms with Crippen LogP contribution in [-0.4, -0.2) is 54.7 Å². The van der Waals surface area contributed by atoms with Crippen molar-refractivity contribution in [1.29, 1.82) is 0 Å². The quantitative estimate of drug-likeness (QED) is 0.747. The molecule has 7 nitrogen and oxygen atoms in total. The average Bonchev–Trinajstić information content (AvgIpc) is 3.01. The van der Waals surface area contributed by atoms with Crippen LogP contribution in [0.3, 0.4) is 0 Å². The van der Waals surface area contributed by atoms with E-state index in [0.717, 1.165) is 12.8 Å². The van der Waals surface area contributed by atoms with E-state index in [2.05, 4.69) is 5.32 Å². The Morgan fingerprint density at radius 2 is 1.75 bits per heavy atom. The highest BCUT2D eigenvalue weighted by Crippen LogP contribution is 2.19. The molecule has 1 N–H and O–H groups in total. The van der Waals surface area contributed by atoms with Crippen LogP contribution >= 0.6 is 0 Å². The molecule has 0 spiro atoms. The predicted octanol–water partition coefficient (Wildman–Crippen LogP) is 2.09. The minimum atomic E-state index is -0.967. The molecular formula is C17H30N2O5. The summed E-state index contributed by atoms with van der Waals surface area (Å²) >= 11 is 0. The third-order valence-electron chi connectivity index (χ3n) is 3.86. The number of esters is 1. The summed E-state index contributed by atoms with van der Waals surface area (Å²) in [4.78, 5) is 38.8. The molecule has 0 unspecified atom stereocenters. The van der Waals surface area contributed by atoms with Gasteiger partial charge in [-0.1, -0.05) is 13.3 Å². The first-order valence-electron chi connectivity index (χ1n) is 8.55. The monoisotopic (exact) mass is 342 g/mol. The molecule has 2 amide bonds. The summed E-state index contributed by atoms with van der Waals surface area (Å²) in [6.45, 7) is 8.44. The maximum atomic E-state index is 12.8. The molecule has 1 saturated heterocycles. The maximum absolute atomic E-state index is 12.8. The lowest BCUT2D eigenvalue weighted by molar-refractivity contribution is -0.150. The number of hydrogen-bond donors (Lipinski definition) is 1. The lowest BCUT2D eigenvalue weighted by atomic mass is 9.93. The zero-order valence-corrected chi connectivity index (χ0v) is 15.4. The zero-order chi connectivity index (χ0) is 18.3. The molecule has 2 atom stereocenters. The number of likely N-dealkylation sites (tertiary alicyclic amines) is 1. The largest absolute Gasteiger partial charge is 0.469 e. The number of nitrogens with one attached hydrogen (secondary N) is 1. The molecular weight excluding hydrogens is 312 g/mol. The third kappa shape index (κ3) is 6.02. The maximum Gasteiger partial charge on any atom is 0.408 e. The number of hydrogen-bond acceptors (Lipinski definition) is 5. The van der Waals surface area contributed by atoms with Crippen LogP contribution in [0.2, 0.25) is 0 Å². The van der Waals surface area contributed by atoms with Gasteiger partial charge in [0.15, 0.2) is 0 Å². The van der Waals surface area contributed by atoms with Crippen LogP contribution in [0.15, 0.2) is 0 Å². The molecule has 0 radical (unpaired) electrons. The lowest BCUT2D eigenvalue weighted by Gasteiger charge is -2.30. The second kappa shape index (κ2) is 8.89. The Kier molecular flexibility index (Phi) is 7.51. The number of alkyl carbamates (subject to hydrolysis) is 1. The van der Waals surface area contributed by atoms with Crippen LogP contribution in [0.25, 0.3) is 0 Å². The molecule has 1 rings (SSSR count). The van der Waals surface area contributed by atoms with Gasteiger partial charge in [-0.25, -0.2) is 4.79 Å². The van der Waals surface area contributed by atoms with Crippen LogP contribution < -0.4 is 5.32 Å². The van der Waals surface area contributed by atoms with Crippen molar-refractivity contribution in [3.8, 4) is 0 Å². The molecule has 24 heavy (non-hydrogen) atoms. The van der Waals surface area contributed by atoms with Gasteiger partial charge in [-0.3, -0.25) is 9.59 Å². The van der Waals surface area contributed by atoms with Gasteiger partial charge in [0.25, 0.3) is 0 Å². The number of amides is 2. The van der Waals surface area contributed by atoms with E-state index in [9.17, 15) is 14.4 Å². The van der Waals surface area contributed by atoms with E-state index in [1.807, 2.05) is 6.92 Å². The first-order valence-corrected chi connectivity index (χ1v) is 8.55. The van der Waals surface area contributed by atoms with Crippen molar-refractivity contribution in [3.63, 3.8) is 0 Å². The summed E-state index contributed by atoms with van der Waals surface area (Å²) in [5.41, 5.74) is -0.684. The highest BCUT2D eigenvalue weighted by Gasteiger charge is 2.39. The molecule has 0 aliphatic carbocycles. The van der Waals surface area contributed by atoms with Crippen molar-refractivity contribution >= 4 is 18.0 Å². The molecule has 0 aromatic rings. The molecule has 1 aliphatic rings. The molecule has 7 heteroatoms. The summed E-state index contributed by atoms with van der Waals surface area (Å²) in [6.07, 6.45) is 2.31. The predicted molar refractivity (Wildman–Crippen MR) is 89.4 cm³/mol. The fourth-order valence-corrected chi connectivity index (χ4v) is 2.79. The highest BCUT2D eigenvalue weighted by atomic mass is 16.6. The van der Waals surface area contributed by atoms with Gasteiger partial charge in [-0.15, -0.1) is 0 Å². The minimum absolute atomic E-state index is 0.248. The van der Waals surface area contributed by atoms with Gasteiger partial charge in [0, 0.05) is 13.1 Å². The Balaban J connectivity index is 2.97. The van der Waals surface area contributed by atoms with Crippen molar-refractivity contribution in [1.82, 2.24) is 10.2 Å². The van der Waals surface area contributed by atoms with Crippen molar-refractivity contribution in [2.24, 2.45) is 5.92 Å². The van der Waals surface area contributed by atoms with Crippen LogP contribution in [0.5, 0.6) is 0 Å². The molecule has 138 valence electrons. The first kappa shape index (κ1) is 20.3. The number of ether oxygens (including phenoxy) is 2. The van der Waals surface area contributed by atoms with E-state index in [-0.39, 0.29) is 5.91 Å². The van der Waals surface area contributed by atoms with Crippen LogP contribution in [0.4, 0.5) is 4.79 Å². The van der Waals surface area contributed by atoms with Crippen LogP contribution in [0, 0.1) is 5.92 Å². The number of methoxy groups -OCH3 is 1. The van der Waals surface area contributed by atoms with Crippen molar-refractivity contribution in [2.45, 2.75) is 65.0 Å². The van der Waals surface area contributed by atoms with Crippen molar-refractivity contribution < 1.29 is 23.9 Å². The summed E-state index contributed by atoms with van der Waals surface area (Å²) in [7, 11) is 1.29. The number of nitrogens with zero attached hydrogens (tertiary/aromatic N) is 1. The Bertz CT molecular complexity index is 452. The molecule has 0 aromatic carbocycles. The fourth-order valence-electron chi connectivity index (χ4n) is 2.79. The average molecular weight is 342 g/mol. The Morgan fingerprint density at radius 3 is 2.21 bits per heavy atom. The zero-order valence-electron chi connectivity index (χ0n) is 15.4.